The highest BCUT2D eigenvalue weighted by Gasteiger charge is 2.13. The predicted octanol–water partition coefficient (Wildman–Crippen LogP) is 2.31. The standard InChI is InChI=1S/C11H13BrN4O/c1-8(6-17-2)16-7-13-15-11(16)9-4-3-5-10(12)14-9/h3-5,7-8H,6H2,1-2H3/t8-/m1/s1. The van der Waals surface area contributed by atoms with E-state index >= 15 is 0 Å². The molecular weight excluding hydrogens is 284 g/mol. The highest BCUT2D eigenvalue weighted by atomic mass is 79.9. The van der Waals surface area contributed by atoms with Crippen LogP contribution in [0.25, 0.3) is 11.5 Å². The molecule has 0 aliphatic carbocycles. The zero-order valence-corrected chi connectivity index (χ0v) is 11.3. The number of hydrogen-bond acceptors (Lipinski definition) is 4. The largest absolute Gasteiger partial charge is 0.383 e. The Morgan fingerprint density at radius 3 is 3.00 bits per heavy atom. The van der Waals surface area contributed by atoms with Gasteiger partial charge in [-0.2, -0.15) is 0 Å². The van der Waals surface area contributed by atoms with Gasteiger partial charge in [0.2, 0.25) is 0 Å². The van der Waals surface area contributed by atoms with Crippen LogP contribution in [0.1, 0.15) is 13.0 Å². The Balaban J connectivity index is 2.36. The van der Waals surface area contributed by atoms with Crippen molar-refractivity contribution in [3.63, 3.8) is 0 Å². The van der Waals surface area contributed by atoms with Gasteiger partial charge < -0.3 is 9.30 Å². The van der Waals surface area contributed by atoms with Crippen LogP contribution in [0.2, 0.25) is 0 Å². The molecule has 0 amide bonds. The molecular formula is C11H13BrN4O. The van der Waals surface area contributed by atoms with E-state index in [1.165, 1.54) is 0 Å². The highest BCUT2D eigenvalue weighted by Crippen LogP contribution is 2.20. The number of ether oxygens (including phenoxy) is 1. The van der Waals surface area contributed by atoms with Gasteiger partial charge in [0.25, 0.3) is 0 Å². The fourth-order valence-electron chi connectivity index (χ4n) is 1.60. The molecule has 0 unspecified atom stereocenters. The molecule has 0 radical (unpaired) electrons. The van der Waals surface area contributed by atoms with Crippen molar-refractivity contribution in [2.24, 2.45) is 0 Å². The maximum Gasteiger partial charge on any atom is 0.182 e. The van der Waals surface area contributed by atoms with E-state index in [4.69, 9.17) is 4.74 Å². The van der Waals surface area contributed by atoms with Gasteiger partial charge in [-0.25, -0.2) is 4.98 Å². The number of rotatable bonds is 4. The number of aromatic nitrogens is 4. The van der Waals surface area contributed by atoms with Gasteiger partial charge in [0, 0.05) is 7.11 Å². The Hall–Kier alpha value is -1.27. The molecule has 0 aliphatic heterocycles. The van der Waals surface area contributed by atoms with E-state index in [9.17, 15) is 0 Å². The minimum Gasteiger partial charge on any atom is -0.383 e. The molecule has 0 aliphatic rings. The number of hydrogen-bond donors (Lipinski definition) is 0. The Morgan fingerprint density at radius 2 is 2.29 bits per heavy atom. The first-order valence-electron chi connectivity index (χ1n) is 5.23. The summed E-state index contributed by atoms with van der Waals surface area (Å²) in [7, 11) is 1.68. The SMILES string of the molecule is COC[C@@H](C)n1cnnc1-c1cccc(Br)n1. The van der Waals surface area contributed by atoms with Gasteiger partial charge in [0.15, 0.2) is 5.82 Å². The van der Waals surface area contributed by atoms with Gasteiger partial charge in [-0.05, 0) is 35.0 Å². The number of nitrogens with zero attached hydrogens (tertiary/aromatic N) is 4. The zero-order chi connectivity index (χ0) is 12.3. The first-order valence-corrected chi connectivity index (χ1v) is 6.03. The van der Waals surface area contributed by atoms with Gasteiger partial charge in [0.1, 0.15) is 16.6 Å². The van der Waals surface area contributed by atoms with Crippen LogP contribution in [0.4, 0.5) is 0 Å². The van der Waals surface area contributed by atoms with Crippen LogP contribution in [0, 0.1) is 0 Å². The Labute approximate surface area is 108 Å². The lowest BCUT2D eigenvalue weighted by Crippen LogP contribution is -2.11. The molecule has 0 fully saturated rings. The van der Waals surface area contributed by atoms with Crippen LogP contribution in [0.5, 0.6) is 0 Å². The van der Waals surface area contributed by atoms with Gasteiger partial charge in [-0.1, -0.05) is 6.07 Å². The van der Waals surface area contributed by atoms with Crippen molar-refractivity contribution < 1.29 is 4.74 Å². The number of pyridine rings is 1. The predicted molar refractivity (Wildman–Crippen MR) is 67.5 cm³/mol. The van der Waals surface area contributed by atoms with Crippen LogP contribution >= 0.6 is 15.9 Å². The summed E-state index contributed by atoms with van der Waals surface area (Å²) >= 11 is 3.35. The van der Waals surface area contributed by atoms with Gasteiger partial charge in [-0.3, -0.25) is 0 Å². The summed E-state index contributed by atoms with van der Waals surface area (Å²) in [6, 6.07) is 5.88. The van der Waals surface area contributed by atoms with E-state index in [0.29, 0.717) is 6.61 Å². The third kappa shape index (κ3) is 2.70. The Kier molecular flexibility index (Phi) is 3.86. The van der Waals surface area contributed by atoms with Crippen molar-refractivity contribution in [2.45, 2.75) is 13.0 Å². The summed E-state index contributed by atoms with van der Waals surface area (Å²) < 4.78 is 7.87. The fraction of sp³-hybridized carbons (Fsp3) is 0.364. The molecule has 0 saturated heterocycles. The first kappa shape index (κ1) is 12.2. The van der Waals surface area contributed by atoms with Crippen molar-refractivity contribution in [1.29, 1.82) is 0 Å². The van der Waals surface area contributed by atoms with E-state index in [-0.39, 0.29) is 6.04 Å². The average Bonchev–Trinajstić information content (AvgIpc) is 2.78. The van der Waals surface area contributed by atoms with Gasteiger partial charge in [-0.15, -0.1) is 10.2 Å². The van der Waals surface area contributed by atoms with Crippen LogP contribution in [0.3, 0.4) is 0 Å². The van der Waals surface area contributed by atoms with Gasteiger partial charge >= 0.3 is 0 Å². The molecule has 2 rings (SSSR count). The molecule has 2 aromatic heterocycles. The van der Waals surface area contributed by atoms with E-state index in [1.807, 2.05) is 29.7 Å². The lowest BCUT2D eigenvalue weighted by atomic mass is 10.3. The number of methoxy groups -OCH3 is 1. The second-order valence-corrected chi connectivity index (χ2v) is 4.52. The third-order valence-electron chi connectivity index (χ3n) is 2.40. The molecule has 2 aromatic rings. The van der Waals surface area contributed by atoms with Crippen LogP contribution in [-0.2, 0) is 4.74 Å². The van der Waals surface area contributed by atoms with E-state index < -0.39 is 0 Å². The van der Waals surface area contributed by atoms with Gasteiger partial charge in [0.05, 0.1) is 12.6 Å². The topological polar surface area (TPSA) is 52.8 Å². The molecule has 1 atom stereocenters. The normalized spacial score (nSPS) is 12.6. The first-order chi connectivity index (χ1) is 8.22. The lowest BCUT2D eigenvalue weighted by Gasteiger charge is -2.13. The maximum absolute atomic E-state index is 5.14. The second kappa shape index (κ2) is 5.37. The van der Waals surface area contributed by atoms with Crippen LogP contribution in [0.15, 0.2) is 29.1 Å². The molecule has 0 N–H and O–H groups in total. The molecule has 0 spiro atoms. The summed E-state index contributed by atoms with van der Waals surface area (Å²) in [6.45, 7) is 2.66. The smallest absolute Gasteiger partial charge is 0.182 e. The molecule has 5 nitrogen and oxygen atoms in total. The third-order valence-corrected chi connectivity index (χ3v) is 2.84. The van der Waals surface area contributed by atoms with Crippen LogP contribution < -0.4 is 0 Å². The Morgan fingerprint density at radius 1 is 1.47 bits per heavy atom. The van der Waals surface area contributed by atoms with E-state index in [2.05, 4.69) is 31.1 Å². The molecule has 0 saturated carbocycles. The van der Waals surface area contributed by atoms with Crippen LogP contribution in [-0.4, -0.2) is 33.5 Å². The summed E-state index contributed by atoms with van der Waals surface area (Å²) in [5.41, 5.74) is 0.792. The molecule has 0 aromatic carbocycles. The van der Waals surface area contributed by atoms with Crippen molar-refractivity contribution >= 4 is 15.9 Å². The quantitative estimate of drug-likeness (QED) is 0.813. The second-order valence-electron chi connectivity index (χ2n) is 3.71. The van der Waals surface area contributed by atoms with Crippen molar-refractivity contribution in [3.8, 4) is 11.5 Å². The number of halogens is 1. The summed E-state index contributed by atoms with van der Waals surface area (Å²) in [5, 5.41) is 8.04. The molecule has 17 heavy (non-hydrogen) atoms. The molecule has 0 bridgehead atoms. The van der Waals surface area contributed by atoms with E-state index in [1.54, 1.807) is 13.4 Å². The minimum atomic E-state index is 0.172. The fourth-order valence-corrected chi connectivity index (χ4v) is 1.95. The zero-order valence-electron chi connectivity index (χ0n) is 9.67. The lowest BCUT2D eigenvalue weighted by molar-refractivity contribution is 0.162. The maximum atomic E-state index is 5.14. The highest BCUT2D eigenvalue weighted by molar-refractivity contribution is 9.10. The summed E-state index contributed by atoms with van der Waals surface area (Å²) in [4.78, 5) is 4.37. The van der Waals surface area contributed by atoms with Crippen molar-refractivity contribution in [3.05, 3.63) is 29.1 Å². The molecule has 90 valence electrons. The minimum absolute atomic E-state index is 0.172. The summed E-state index contributed by atoms with van der Waals surface area (Å²) in [6.07, 6.45) is 1.70. The van der Waals surface area contributed by atoms with E-state index in [0.717, 1.165) is 16.1 Å². The molecule has 2 heterocycles. The molecule has 6 heteroatoms. The average molecular weight is 297 g/mol. The Bertz CT molecular complexity index is 500. The summed E-state index contributed by atoms with van der Waals surface area (Å²) in [5.74, 6) is 0.746. The monoisotopic (exact) mass is 296 g/mol. The van der Waals surface area contributed by atoms with Crippen molar-refractivity contribution in [1.82, 2.24) is 19.7 Å². The van der Waals surface area contributed by atoms with Crippen molar-refractivity contribution in [2.75, 3.05) is 13.7 Å².